The van der Waals surface area contributed by atoms with Crippen LogP contribution in [0.2, 0.25) is 0 Å². The molecule has 0 spiro atoms. The van der Waals surface area contributed by atoms with Gasteiger partial charge in [-0.15, -0.1) is 0 Å². The van der Waals surface area contributed by atoms with Crippen molar-refractivity contribution >= 4 is 34.9 Å². The van der Waals surface area contributed by atoms with Crippen LogP contribution in [0.25, 0.3) is 11.0 Å². The van der Waals surface area contributed by atoms with Crippen LogP contribution in [0, 0.1) is 6.92 Å². The number of allylic oxidation sites excluding steroid dienone is 1. The first-order valence-corrected chi connectivity index (χ1v) is 13.4. The minimum absolute atomic E-state index is 0.221. The number of carbonyl (C=O) groups excluding carboxylic acids is 3. The topological polar surface area (TPSA) is 165 Å². The summed E-state index contributed by atoms with van der Waals surface area (Å²) in [7, 11) is 1.60. The molecule has 0 saturated heterocycles. The number of primary amides is 1. The van der Waals surface area contributed by atoms with Crippen LogP contribution >= 0.6 is 0 Å². The van der Waals surface area contributed by atoms with Gasteiger partial charge in [0.2, 0.25) is 11.9 Å². The van der Waals surface area contributed by atoms with E-state index in [2.05, 4.69) is 20.7 Å². The van der Waals surface area contributed by atoms with Gasteiger partial charge < -0.3 is 29.8 Å². The lowest BCUT2D eigenvalue weighted by atomic mass is 10.1. The molecule has 222 valence electrons. The first-order valence-electron chi connectivity index (χ1n) is 13.4. The maximum Gasteiger partial charge on any atom is 0.407 e. The summed E-state index contributed by atoms with van der Waals surface area (Å²) >= 11 is 0. The Bertz CT molecular complexity index is 1420. The molecule has 3 amide bonds. The maximum atomic E-state index is 13.3. The van der Waals surface area contributed by atoms with Crippen molar-refractivity contribution in [2.24, 2.45) is 5.73 Å². The van der Waals surface area contributed by atoms with Gasteiger partial charge in [0.1, 0.15) is 22.6 Å². The predicted molar refractivity (Wildman–Crippen MR) is 154 cm³/mol. The van der Waals surface area contributed by atoms with E-state index in [0.717, 1.165) is 0 Å². The van der Waals surface area contributed by atoms with E-state index in [-0.39, 0.29) is 24.6 Å². The third kappa shape index (κ3) is 8.55. The summed E-state index contributed by atoms with van der Waals surface area (Å²) in [6.45, 7) is 10.9. The molecule has 0 radical (unpaired) electrons. The van der Waals surface area contributed by atoms with Gasteiger partial charge in [0.05, 0.1) is 17.8 Å². The van der Waals surface area contributed by atoms with E-state index in [1.54, 1.807) is 61.4 Å². The average molecular weight is 570 g/mol. The van der Waals surface area contributed by atoms with Gasteiger partial charge in [-0.25, -0.2) is 9.78 Å². The van der Waals surface area contributed by atoms with Crippen molar-refractivity contribution < 1.29 is 28.6 Å². The molecular weight excluding hydrogens is 530 g/mol. The predicted octanol–water partition coefficient (Wildman–Crippen LogP) is 3.41. The minimum Gasteiger partial charge on any atom is -0.491 e. The van der Waals surface area contributed by atoms with Crippen LogP contribution < -0.4 is 21.1 Å². The molecule has 0 bridgehead atoms. The molecule has 0 atom stereocenters. The molecule has 0 aliphatic carbocycles. The second-order valence-corrected chi connectivity index (χ2v) is 10.2. The molecule has 4 N–H and O–H groups in total. The molecule has 2 heterocycles. The van der Waals surface area contributed by atoms with E-state index in [1.165, 1.54) is 0 Å². The van der Waals surface area contributed by atoms with Gasteiger partial charge in [0, 0.05) is 45.3 Å². The Labute approximate surface area is 239 Å². The number of nitrogens with zero attached hydrogens (tertiary/aromatic N) is 4. The number of methoxy groups -OCH3 is 1. The zero-order chi connectivity index (χ0) is 30.2. The number of alkyl carbamates (subject to hydrolysis) is 1. The molecule has 3 aromatic rings. The van der Waals surface area contributed by atoms with Crippen LogP contribution in [0.15, 0.2) is 30.4 Å². The molecule has 41 heavy (non-hydrogen) atoms. The Morgan fingerprint density at radius 2 is 1.88 bits per heavy atom. The van der Waals surface area contributed by atoms with Gasteiger partial charge >= 0.3 is 6.09 Å². The van der Waals surface area contributed by atoms with Crippen LogP contribution in [-0.4, -0.2) is 69.7 Å². The van der Waals surface area contributed by atoms with Crippen LogP contribution in [0.5, 0.6) is 5.75 Å². The number of benzene rings is 1. The van der Waals surface area contributed by atoms with Crippen LogP contribution in [0.4, 0.5) is 10.7 Å². The van der Waals surface area contributed by atoms with E-state index in [9.17, 15) is 14.4 Å². The van der Waals surface area contributed by atoms with Crippen molar-refractivity contribution in [1.29, 1.82) is 0 Å². The molecule has 13 heteroatoms. The molecule has 2 aromatic heterocycles. The van der Waals surface area contributed by atoms with Gasteiger partial charge in [0.25, 0.3) is 5.91 Å². The number of anilines is 1. The van der Waals surface area contributed by atoms with Gasteiger partial charge in [-0.1, -0.05) is 12.2 Å². The summed E-state index contributed by atoms with van der Waals surface area (Å²) in [5.41, 5.74) is 7.27. The molecule has 0 fully saturated rings. The zero-order valence-corrected chi connectivity index (χ0v) is 24.4. The highest BCUT2D eigenvalue weighted by atomic mass is 16.6. The van der Waals surface area contributed by atoms with Crippen molar-refractivity contribution in [2.75, 3.05) is 32.2 Å². The van der Waals surface area contributed by atoms with Crippen LogP contribution in [0.1, 0.15) is 60.7 Å². The van der Waals surface area contributed by atoms with Gasteiger partial charge in [-0.3, -0.25) is 19.6 Å². The summed E-state index contributed by atoms with van der Waals surface area (Å²) in [5, 5.41) is 9.90. The molecule has 1 aromatic carbocycles. The van der Waals surface area contributed by atoms with Crippen LogP contribution in [-0.2, 0) is 22.6 Å². The third-order valence-electron chi connectivity index (χ3n) is 5.72. The molecule has 13 nitrogen and oxygen atoms in total. The Hall–Kier alpha value is -4.39. The number of aryl methyl sites for hydroxylation is 2. The monoisotopic (exact) mass is 569 g/mol. The maximum absolute atomic E-state index is 13.3. The summed E-state index contributed by atoms with van der Waals surface area (Å²) in [6.07, 6.45) is 3.66. The van der Waals surface area contributed by atoms with Crippen molar-refractivity contribution in [3.63, 3.8) is 0 Å². The van der Waals surface area contributed by atoms with Gasteiger partial charge in [-0.05, 0) is 52.8 Å². The zero-order valence-electron chi connectivity index (χ0n) is 24.4. The number of nitrogens with one attached hydrogen (secondary N) is 2. The number of carbonyl (C=O) groups is 3. The number of fused-ring (bicyclic) bond motifs is 1. The lowest BCUT2D eigenvalue weighted by molar-refractivity contribution is 0.0533. The first-order chi connectivity index (χ1) is 19.4. The molecule has 0 saturated carbocycles. The highest BCUT2D eigenvalue weighted by Crippen LogP contribution is 2.31. The van der Waals surface area contributed by atoms with E-state index in [0.29, 0.717) is 54.4 Å². The summed E-state index contributed by atoms with van der Waals surface area (Å²) in [5.74, 6) is -0.406. The number of rotatable bonds is 13. The normalized spacial score (nSPS) is 11.7. The Morgan fingerprint density at radius 3 is 2.54 bits per heavy atom. The number of imidazole rings is 1. The SMILES string of the molecule is CCn1nc(C)cc1C(=O)Nc1nc2cc(C(N)=O)cc(OCCCOC)c2n1C/C=C/CNC(=O)OC(C)(C)C. The fourth-order valence-corrected chi connectivity index (χ4v) is 4.00. The fraction of sp³-hybridized carbons (Fsp3) is 0.464. The molecule has 3 rings (SSSR count). The van der Waals surface area contributed by atoms with Gasteiger partial charge in [0.15, 0.2) is 0 Å². The molecule has 0 unspecified atom stereocenters. The lowest BCUT2D eigenvalue weighted by Crippen LogP contribution is -2.32. The van der Waals surface area contributed by atoms with E-state index >= 15 is 0 Å². The second-order valence-electron chi connectivity index (χ2n) is 10.2. The van der Waals surface area contributed by atoms with Crippen molar-refractivity contribution in [2.45, 2.75) is 59.7 Å². The van der Waals surface area contributed by atoms with E-state index < -0.39 is 23.5 Å². The molecule has 0 aliphatic heterocycles. The van der Waals surface area contributed by atoms with Crippen LogP contribution in [0.3, 0.4) is 0 Å². The molecule has 0 aliphatic rings. The number of ether oxygens (including phenoxy) is 3. The number of hydrogen-bond acceptors (Lipinski definition) is 8. The summed E-state index contributed by atoms with van der Waals surface area (Å²) in [6, 6.07) is 4.81. The average Bonchev–Trinajstić information content (AvgIpc) is 3.44. The highest BCUT2D eigenvalue weighted by molar-refractivity contribution is 6.04. The largest absolute Gasteiger partial charge is 0.491 e. The van der Waals surface area contributed by atoms with Gasteiger partial charge in [-0.2, -0.15) is 5.10 Å². The number of amides is 3. The highest BCUT2D eigenvalue weighted by Gasteiger charge is 2.21. The van der Waals surface area contributed by atoms with E-state index in [4.69, 9.17) is 19.9 Å². The fourth-order valence-electron chi connectivity index (χ4n) is 4.00. The van der Waals surface area contributed by atoms with Crippen molar-refractivity contribution in [3.05, 3.63) is 47.3 Å². The Morgan fingerprint density at radius 1 is 1.12 bits per heavy atom. The number of nitrogens with two attached hydrogens (primary N) is 1. The summed E-state index contributed by atoms with van der Waals surface area (Å²) in [4.78, 5) is 41.9. The number of hydrogen-bond donors (Lipinski definition) is 3. The lowest BCUT2D eigenvalue weighted by Gasteiger charge is -2.19. The smallest absolute Gasteiger partial charge is 0.407 e. The first kappa shape index (κ1) is 31.1. The van der Waals surface area contributed by atoms with Crippen molar-refractivity contribution in [1.82, 2.24) is 24.6 Å². The van der Waals surface area contributed by atoms with Crippen molar-refractivity contribution in [3.8, 4) is 5.75 Å². The number of aromatic nitrogens is 4. The quantitative estimate of drug-likeness (QED) is 0.208. The molecular formula is C28H39N7O6. The summed E-state index contributed by atoms with van der Waals surface area (Å²) < 4.78 is 19.8. The third-order valence-corrected chi connectivity index (χ3v) is 5.72. The minimum atomic E-state index is -0.635. The van der Waals surface area contributed by atoms with E-state index in [1.807, 2.05) is 19.9 Å². The Kier molecular flexibility index (Phi) is 10.5. The standard InChI is InChI=1S/C28H39N7O6/c1-7-35-21(15-18(2)33-35)25(37)32-26-31-20-16-19(24(29)36)17-22(40-14-10-13-39-6)23(20)34(26)12-9-8-11-30-27(38)41-28(3,4)5/h8-9,15-17H,7,10-14H2,1-6H3,(H2,29,36)(H,30,38)(H,31,32,37)/b9-8+. The Balaban J connectivity index is 1.97. The second kappa shape index (κ2) is 13.8.